The van der Waals surface area contributed by atoms with Gasteiger partial charge in [0, 0.05) is 17.9 Å². The van der Waals surface area contributed by atoms with Gasteiger partial charge in [0.25, 0.3) is 0 Å². The van der Waals surface area contributed by atoms with E-state index >= 15 is 0 Å². The number of benzene rings is 1. The summed E-state index contributed by atoms with van der Waals surface area (Å²) in [4.78, 5) is 4.02. The molecule has 0 aliphatic rings. The monoisotopic (exact) mass is 378 g/mol. The molecule has 0 spiro atoms. The lowest BCUT2D eigenvalue weighted by atomic mass is 10.3. The standard InChI is InChI=1S/C13H13BrCl2N2O2/c1-8-18-7-10(20-8)6-17-2-3-19-13-11(15)4-9(14)5-12(13)16/h4-5,7,17H,2-3,6H2,1H3. The lowest BCUT2D eigenvalue weighted by Crippen LogP contribution is -2.20. The van der Waals surface area contributed by atoms with Crippen molar-refractivity contribution in [1.29, 1.82) is 0 Å². The third-order valence-corrected chi connectivity index (χ3v) is 3.48. The summed E-state index contributed by atoms with van der Waals surface area (Å²) < 4.78 is 11.7. The van der Waals surface area contributed by atoms with Crippen LogP contribution in [-0.4, -0.2) is 18.1 Å². The van der Waals surface area contributed by atoms with Gasteiger partial charge < -0.3 is 14.5 Å². The van der Waals surface area contributed by atoms with Crippen LogP contribution in [0.1, 0.15) is 11.7 Å². The van der Waals surface area contributed by atoms with E-state index in [0.29, 0.717) is 41.4 Å². The third kappa shape index (κ3) is 4.38. The van der Waals surface area contributed by atoms with Gasteiger partial charge >= 0.3 is 0 Å². The maximum atomic E-state index is 6.06. The first kappa shape index (κ1) is 15.6. The molecule has 0 amide bonds. The van der Waals surface area contributed by atoms with Gasteiger partial charge in [0.1, 0.15) is 12.4 Å². The third-order valence-electron chi connectivity index (χ3n) is 2.46. The van der Waals surface area contributed by atoms with E-state index in [4.69, 9.17) is 32.4 Å². The Kier molecular flexibility index (Phi) is 5.72. The van der Waals surface area contributed by atoms with Crippen LogP contribution in [0, 0.1) is 6.92 Å². The van der Waals surface area contributed by atoms with E-state index in [1.807, 2.05) is 6.92 Å². The molecule has 0 aliphatic carbocycles. The second-order valence-corrected chi connectivity index (χ2v) is 5.80. The quantitative estimate of drug-likeness (QED) is 0.763. The minimum absolute atomic E-state index is 0.453. The molecule has 2 rings (SSSR count). The van der Waals surface area contributed by atoms with Crippen molar-refractivity contribution >= 4 is 39.1 Å². The predicted molar refractivity (Wildman–Crippen MR) is 82.6 cm³/mol. The first-order valence-corrected chi connectivity index (χ1v) is 7.50. The van der Waals surface area contributed by atoms with Crippen LogP contribution in [0.5, 0.6) is 5.75 Å². The molecule has 7 heteroatoms. The van der Waals surface area contributed by atoms with Gasteiger partial charge in [0.15, 0.2) is 11.6 Å². The van der Waals surface area contributed by atoms with E-state index in [1.165, 1.54) is 0 Å². The smallest absolute Gasteiger partial charge is 0.191 e. The molecule has 1 aromatic heterocycles. The zero-order chi connectivity index (χ0) is 14.5. The highest BCUT2D eigenvalue weighted by Gasteiger charge is 2.08. The molecule has 0 atom stereocenters. The Morgan fingerprint density at radius 2 is 2.05 bits per heavy atom. The van der Waals surface area contributed by atoms with Crippen molar-refractivity contribution < 1.29 is 9.15 Å². The summed E-state index contributed by atoms with van der Waals surface area (Å²) in [5.41, 5.74) is 0. The van der Waals surface area contributed by atoms with Gasteiger partial charge in [-0.3, -0.25) is 0 Å². The Morgan fingerprint density at radius 3 is 2.65 bits per heavy atom. The van der Waals surface area contributed by atoms with Crippen LogP contribution in [0.3, 0.4) is 0 Å². The van der Waals surface area contributed by atoms with Crippen molar-refractivity contribution in [3.63, 3.8) is 0 Å². The summed E-state index contributed by atoms with van der Waals surface area (Å²) >= 11 is 15.4. The van der Waals surface area contributed by atoms with Crippen molar-refractivity contribution in [2.24, 2.45) is 0 Å². The maximum Gasteiger partial charge on any atom is 0.191 e. The SMILES string of the molecule is Cc1ncc(CNCCOc2c(Cl)cc(Br)cc2Cl)o1. The lowest BCUT2D eigenvalue weighted by Gasteiger charge is -2.10. The first-order chi connectivity index (χ1) is 9.56. The van der Waals surface area contributed by atoms with E-state index < -0.39 is 0 Å². The van der Waals surface area contributed by atoms with Crippen molar-refractivity contribution in [2.45, 2.75) is 13.5 Å². The molecule has 2 aromatic rings. The Hall–Kier alpha value is -0.750. The fourth-order valence-electron chi connectivity index (χ4n) is 1.59. The lowest BCUT2D eigenvalue weighted by molar-refractivity contribution is 0.311. The van der Waals surface area contributed by atoms with Crippen LogP contribution < -0.4 is 10.1 Å². The highest BCUT2D eigenvalue weighted by atomic mass is 79.9. The molecule has 0 aliphatic heterocycles. The van der Waals surface area contributed by atoms with Crippen molar-refractivity contribution in [3.8, 4) is 5.75 Å². The highest BCUT2D eigenvalue weighted by molar-refractivity contribution is 9.10. The van der Waals surface area contributed by atoms with Gasteiger partial charge in [-0.15, -0.1) is 0 Å². The number of aryl methyl sites for hydroxylation is 1. The molecule has 1 aromatic carbocycles. The van der Waals surface area contributed by atoms with Gasteiger partial charge in [-0.25, -0.2) is 4.98 Å². The highest BCUT2D eigenvalue weighted by Crippen LogP contribution is 2.35. The average molecular weight is 380 g/mol. The number of halogens is 3. The Bertz CT molecular complexity index is 566. The topological polar surface area (TPSA) is 47.3 Å². The molecule has 0 saturated heterocycles. The number of aromatic nitrogens is 1. The normalized spacial score (nSPS) is 10.8. The summed E-state index contributed by atoms with van der Waals surface area (Å²) in [5.74, 6) is 1.95. The first-order valence-electron chi connectivity index (χ1n) is 5.95. The maximum absolute atomic E-state index is 6.06. The molecule has 20 heavy (non-hydrogen) atoms. The van der Waals surface area contributed by atoms with Crippen LogP contribution in [0.2, 0.25) is 10.0 Å². The van der Waals surface area contributed by atoms with Gasteiger partial charge in [0.05, 0.1) is 22.8 Å². The van der Waals surface area contributed by atoms with Gasteiger partial charge in [-0.05, 0) is 12.1 Å². The van der Waals surface area contributed by atoms with E-state index in [1.54, 1.807) is 18.3 Å². The number of hydrogen-bond donors (Lipinski definition) is 1. The summed E-state index contributed by atoms with van der Waals surface area (Å²) in [5, 5.41) is 4.14. The molecular formula is C13H13BrCl2N2O2. The van der Waals surface area contributed by atoms with Crippen LogP contribution in [0.4, 0.5) is 0 Å². The molecule has 108 valence electrons. The minimum atomic E-state index is 0.453. The van der Waals surface area contributed by atoms with Gasteiger partial charge in [0.2, 0.25) is 0 Å². The Morgan fingerprint density at radius 1 is 1.35 bits per heavy atom. The number of oxazole rings is 1. The molecule has 0 unspecified atom stereocenters. The van der Waals surface area contributed by atoms with Crippen LogP contribution in [0.15, 0.2) is 27.2 Å². The number of hydrogen-bond acceptors (Lipinski definition) is 4. The van der Waals surface area contributed by atoms with Crippen LogP contribution in [-0.2, 0) is 6.54 Å². The molecular weight excluding hydrogens is 367 g/mol. The number of rotatable bonds is 6. The summed E-state index contributed by atoms with van der Waals surface area (Å²) in [6.07, 6.45) is 1.70. The Labute approximate surface area is 135 Å². The average Bonchev–Trinajstić information content (AvgIpc) is 2.77. The number of ether oxygens (including phenoxy) is 1. The fraction of sp³-hybridized carbons (Fsp3) is 0.308. The van der Waals surface area contributed by atoms with E-state index in [0.717, 1.165) is 10.2 Å². The van der Waals surface area contributed by atoms with E-state index in [9.17, 15) is 0 Å². The fourth-order valence-corrected chi connectivity index (χ4v) is 2.91. The van der Waals surface area contributed by atoms with Crippen molar-refractivity contribution in [2.75, 3.05) is 13.2 Å². The molecule has 4 nitrogen and oxygen atoms in total. The van der Waals surface area contributed by atoms with Crippen LogP contribution in [0.25, 0.3) is 0 Å². The van der Waals surface area contributed by atoms with E-state index in [-0.39, 0.29) is 0 Å². The number of nitrogens with one attached hydrogen (secondary N) is 1. The van der Waals surface area contributed by atoms with Crippen molar-refractivity contribution in [1.82, 2.24) is 10.3 Å². The zero-order valence-electron chi connectivity index (χ0n) is 10.8. The van der Waals surface area contributed by atoms with Crippen LogP contribution >= 0.6 is 39.1 Å². The largest absolute Gasteiger partial charge is 0.489 e. The molecule has 1 heterocycles. The van der Waals surface area contributed by atoms with E-state index in [2.05, 4.69) is 26.2 Å². The second kappa shape index (κ2) is 7.31. The molecule has 0 fully saturated rings. The molecule has 0 bridgehead atoms. The van der Waals surface area contributed by atoms with Gasteiger partial charge in [-0.2, -0.15) is 0 Å². The predicted octanol–water partition coefficient (Wildman–Crippen LogP) is 4.22. The molecule has 0 radical (unpaired) electrons. The molecule has 1 N–H and O–H groups in total. The van der Waals surface area contributed by atoms with Gasteiger partial charge in [-0.1, -0.05) is 39.1 Å². The minimum Gasteiger partial charge on any atom is -0.489 e. The molecule has 0 saturated carbocycles. The zero-order valence-corrected chi connectivity index (χ0v) is 13.8. The summed E-state index contributed by atoms with van der Waals surface area (Å²) in [7, 11) is 0. The second-order valence-electron chi connectivity index (χ2n) is 4.07. The van der Waals surface area contributed by atoms with Crippen molar-refractivity contribution in [3.05, 3.63) is 44.5 Å². The summed E-state index contributed by atoms with van der Waals surface area (Å²) in [6.45, 7) is 3.51. The Balaban J connectivity index is 1.76. The number of nitrogens with zero attached hydrogens (tertiary/aromatic N) is 1. The summed E-state index contributed by atoms with van der Waals surface area (Å²) in [6, 6.07) is 3.49.